The highest BCUT2D eigenvalue weighted by Gasteiger charge is 2.09. The third-order valence-electron chi connectivity index (χ3n) is 2.10. The number of ether oxygens (including phenoxy) is 2. The van der Waals surface area contributed by atoms with Gasteiger partial charge in [-0.1, -0.05) is 6.07 Å². The van der Waals surface area contributed by atoms with Crippen LogP contribution in [0.5, 0.6) is 0 Å². The number of halogens is 1. The molecule has 1 aromatic carbocycles. The molecule has 2 N–H and O–H groups in total. The summed E-state index contributed by atoms with van der Waals surface area (Å²) >= 11 is 0. The predicted octanol–water partition coefficient (Wildman–Crippen LogP) is 2.74. The SMILES string of the molecule is CC(C)(C)OCCOCc1ccc(N)c(F)c1. The summed E-state index contributed by atoms with van der Waals surface area (Å²) in [5.74, 6) is -0.406. The lowest BCUT2D eigenvalue weighted by atomic mass is 10.2. The van der Waals surface area contributed by atoms with Gasteiger partial charge in [-0.25, -0.2) is 4.39 Å². The minimum Gasteiger partial charge on any atom is -0.396 e. The first-order valence-corrected chi connectivity index (χ1v) is 5.64. The quantitative estimate of drug-likeness (QED) is 0.636. The van der Waals surface area contributed by atoms with E-state index >= 15 is 0 Å². The average molecular weight is 241 g/mol. The summed E-state index contributed by atoms with van der Waals surface area (Å²) in [5, 5.41) is 0. The highest BCUT2D eigenvalue weighted by Crippen LogP contribution is 2.12. The van der Waals surface area contributed by atoms with Crippen molar-refractivity contribution in [1.82, 2.24) is 0 Å². The summed E-state index contributed by atoms with van der Waals surface area (Å²) < 4.78 is 24.0. The second-order valence-corrected chi connectivity index (χ2v) is 4.87. The molecule has 0 aliphatic heterocycles. The summed E-state index contributed by atoms with van der Waals surface area (Å²) in [6, 6.07) is 4.68. The normalized spacial score (nSPS) is 11.8. The Morgan fingerprint density at radius 3 is 2.53 bits per heavy atom. The Balaban J connectivity index is 2.25. The fourth-order valence-electron chi connectivity index (χ4n) is 1.26. The van der Waals surface area contributed by atoms with E-state index in [1.807, 2.05) is 20.8 Å². The zero-order valence-electron chi connectivity index (χ0n) is 10.6. The molecule has 0 bridgehead atoms. The van der Waals surface area contributed by atoms with E-state index in [0.717, 1.165) is 5.56 Å². The van der Waals surface area contributed by atoms with E-state index in [9.17, 15) is 4.39 Å². The van der Waals surface area contributed by atoms with Crippen molar-refractivity contribution in [3.05, 3.63) is 29.6 Å². The second-order valence-electron chi connectivity index (χ2n) is 4.87. The third-order valence-corrected chi connectivity index (χ3v) is 2.10. The Hall–Kier alpha value is -1.13. The van der Waals surface area contributed by atoms with Gasteiger partial charge >= 0.3 is 0 Å². The van der Waals surface area contributed by atoms with Gasteiger partial charge in [-0.2, -0.15) is 0 Å². The van der Waals surface area contributed by atoms with E-state index in [1.54, 1.807) is 12.1 Å². The summed E-state index contributed by atoms with van der Waals surface area (Å²) in [6.45, 7) is 7.35. The van der Waals surface area contributed by atoms with Gasteiger partial charge in [-0.3, -0.25) is 0 Å². The van der Waals surface area contributed by atoms with Crippen molar-refractivity contribution in [2.45, 2.75) is 33.0 Å². The first-order valence-electron chi connectivity index (χ1n) is 5.64. The van der Waals surface area contributed by atoms with Gasteiger partial charge in [0.2, 0.25) is 0 Å². The van der Waals surface area contributed by atoms with Gasteiger partial charge in [0, 0.05) is 0 Å². The van der Waals surface area contributed by atoms with E-state index < -0.39 is 5.82 Å². The Morgan fingerprint density at radius 1 is 1.24 bits per heavy atom. The molecule has 0 amide bonds. The number of hydrogen-bond donors (Lipinski definition) is 1. The van der Waals surface area contributed by atoms with E-state index in [-0.39, 0.29) is 11.3 Å². The van der Waals surface area contributed by atoms with Crippen LogP contribution >= 0.6 is 0 Å². The molecular formula is C13H20FNO2. The molecule has 0 saturated carbocycles. The molecule has 0 unspecified atom stereocenters. The van der Waals surface area contributed by atoms with Gasteiger partial charge in [0.25, 0.3) is 0 Å². The number of hydrogen-bond acceptors (Lipinski definition) is 3. The van der Waals surface area contributed by atoms with Crippen LogP contribution in [-0.2, 0) is 16.1 Å². The summed E-state index contributed by atoms with van der Waals surface area (Å²) in [7, 11) is 0. The molecule has 0 spiro atoms. The molecule has 1 rings (SSSR count). The van der Waals surface area contributed by atoms with Gasteiger partial charge in [0.15, 0.2) is 0 Å². The first-order chi connectivity index (χ1) is 7.88. The van der Waals surface area contributed by atoms with Crippen LogP contribution in [0.2, 0.25) is 0 Å². The molecule has 0 aromatic heterocycles. The zero-order valence-corrected chi connectivity index (χ0v) is 10.6. The number of benzene rings is 1. The maximum atomic E-state index is 13.1. The molecule has 0 fully saturated rings. The Kier molecular flexibility index (Phi) is 4.90. The summed E-state index contributed by atoms with van der Waals surface area (Å²) in [6.07, 6.45) is 0. The number of nitrogen functional groups attached to an aromatic ring is 1. The van der Waals surface area contributed by atoms with Crippen LogP contribution in [0, 0.1) is 5.82 Å². The monoisotopic (exact) mass is 241 g/mol. The van der Waals surface area contributed by atoms with E-state index in [2.05, 4.69) is 0 Å². The smallest absolute Gasteiger partial charge is 0.146 e. The fourth-order valence-corrected chi connectivity index (χ4v) is 1.26. The molecule has 0 aliphatic carbocycles. The van der Waals surface area contributed by atoms with Crippen molar-refractivity contribution in [2.75, 3.05) is 18.9 Å². The molecule has 0 saturated heterocycles. The standard InChI is InChI=1S/C13H20FNO2/c1-13(2,3)17-7-6-16-9-10-4-5-12(15)11(14)8-10/h4-5,8H,6-7,9,15H2,1-3H3. The van der Waals surface area contributed by atoms with E-state index in [0.29, 0.717) is 19.8 Å². The van der Waals surface area contributed by atoms with Gasteiger partial charge in [-0.05, 0) is 38.5 Å². The number of anilines is 1. The average Bonchev–Trinajstić information content (AvgIpc) is 2.21. The summed E-state index contributed by atoms with van der Waals surface area (Å²) in [5.41, 5.74) is 6.15. The molecule has 3 nitrogen and oxygen atoms in total. The molecule has 4 heteroatoms. The second kappa shape index (κ2) is 5.98. The molecule has 0 aliphatic rings. The molecule has 0 radical (unpaired) electrons. The topological polar surface area (TPSA) is 44.5 Å². The molecule has 1 aromatic rings. The number of nitrogens with two attached hydrogens (primary N) is 1. The van der Waals surface area contributed by atoms with Crippen molar-refractivity contribution in [3.8, 4) is 0 Å². The van der Waals surface area contributed by atoms with Crippen LogP contribution in [0.25, 0.3) is 0 Å². The van der Waals surface area contributed by atoms with Crippen molar-refractivity contribution in [3.63, 3.8) is 0 Å². The van der Waals surface area contributed by atoms with Crippen LogP contribution in [0.15, 0.2) is 18.2 Å². The van der Waals surface area contributed by atoms with Gasteiger partial charge < -0.3 is 15.2 Å². The van der Waals surface area contributed by atoms with Crippen LogP contribution in [0.3, 0.4) is 0 Å². The maximum absolute atomic E-state index is 13.1. The van der Waals surface area contributed by atoms with Crippen LogP contribution in [-0.4, -0.2) is 18.8 Å². The fraction of sp³-hybridized carbons (Fsp3) is 0.538. The molecule has 0 atom stereocenters. The lowest BCUT2D eigenvalue weighted by molar-refractivity contribution is -0.0377. The summed E-state index contributed by atoms with van der Waals surface area (Å²) in [4.78, 5) is 0. The third kappa shape index (κ3) is 5.65. The van der Waals surface area contributed by atoms with Crippen LogP contribution in [0.4, 0.5) is 10.1 Å². The molecule has 0 heterocycles. The lowest BCUT2D eigenvalue weighted by Crippen LogP contribution is -2.21. The van der Waals surface area contributed by atoms with Crippen molar-refractivity contribution >= 4 is 5.69 Å². The van der Waals surface area contributed by atoms with Gasteiger partial charge in [0.1, 0.15) is 5.82 Å². The largest absolute Gasteiger partial charge is 0.396 e. The molecular weight excluding hydrogens is 221 g/mol. The Bertz CT molecular complexity index is 361. The van der Waals surface area contributed by atoms with E-state index in [4.69, 9.17) is 15.2 Å². The van der Waals surface area contributed by atoms with Crippen LogP contribution in [0.1, 0.15) is 26.3 Å². The Morgan fingerprint density at radius 2 is 1.94 bits per heavy atom. The number of rotatable bonds is 5. The highest BCUT2D eigenvalue weighted by atomic mass is 19.1. The highest BCUT2D eigenvalue weighted by molar-refractivity contribution is 5.41. The van der Waals surface area contributed by atoms with Gasteiger partial charge in [-0.15, -0.1) is 0 Å². The first kappa shape index (κ1) is 13.9. The molecule has 96 valence electrons. The van der Waals surface area contributed by atoms with Crippen molar-refractivity contribution < 1.29 is 13.9 Å². The van der Waals surface area contributed by atoms with E-state index in [1.165, 1.54) is 6.07 Å². The minimum atomic E-state index is -0.406. The zero-order chi connectivity index (χ0) is 12.9. The lowest BCUT2D eigenvalue weighted by Gasteiger charge is -2.19. The van der Waals surface area contributed by atoms with Crippen molar-refractivity contribution in [2.24, 2.45) is 0 Å². The van der Waals surface area contributed by atoms with Crippen LogP contribution < -0.4 is 5.73 Å². The predicted molar refractivity (Wildman–Crippen MR) is 66.2 cm³/mol. The maximum Gasteiger partial charge on any atom is 0.146 e. The Labute approximate surface area is 102 Å². The minimum absolute atomic E-state index is 0.156. The van der Waals surface area contributed by atoms with Crippen molar-refractivity contribution in [1.29, 1.82) is 0 Å². The van der Waals surface area contributed by atoms with Gasteiger partial charge in [0.05, 0.1) is 31.1 Å². The molecule has 17 heavy (non-hydrogen) atoms.